The Morgan fingerprint density at radius 2 is 1.68 bits per heavy atom. The zero-order valence-corrected chi connectivity index (χ0v) is 22.6. The molecule has 0 saturated carbocycles. The predicted octanol–water partition coefficient (Wildman–Crippen LogP) is 5.00. The summed E-state index contributed by atoms with van der Waals surface area (Å²) in [5.74, 6) is -0.705. The second-order valence-corrected chi connectivity index (χ2v) is 10.2. The number of hydrogen-bond acceptors (Lipinski definition) is 6. The first-order valence-electron chi connectivity index (χ1n) is 13.8. The number of imide groups is 1. The average molecular weight is 561 g/mol. The van der Waals surface area contributed by atoms with Gasteiger partial charge in [-0.1, -0.05) is 30.3 Å². The van der Waals surface area contributed by atoms with Crippen LogP contribution in [0.1, 0.15) is 31.2 Å². The lowest BCUT2D eigenvalue weighted by Gasteiger charge is -2.36. The van der Waals surface area contributed by atoms with Crippen molar-refractivity contribution in [2.45, 2.75) is 38.1 Å². The van der Waals surface area contributed by atoms with E-state index in [0.29, 0.717) is 24.9 Å². The molecule has 0 atom stereocenters. The van der Waals surface area contributed by atoms with Crippen LogP contribution in [0.5, 0.6) is 11.5 Å². The van der Waals surface area contributed by atoms with Crippen molar-refractivity contribution in [1.82, 2.24) is 20.1 Å². The summed E-state index contributed by atoms with van der Waals surface area (Å²) >= 11 is 0. The molecule has 3 N–H and O–H groups in total. The van der Waals surface area contributed by atoms with Crippen LogP contribution in [-0.2, 0) is 11.2 Å². The fraction of sp³-hybridized carbons (Fsp3) is 0.333. The number of ether oxygens (including phenoxy) is 1. The fourth-order valence-corrected chi connectivity index (χ4v) is 5.18. The summed E-state index contributed by atoms with van der Waals surface area (Å²) < 4.78 is 20.4. The zero-order valence-electron chi connectivity index (χ0n) is 22.6. The number of carbonyl (C=O) groups excluding carboxylic acids is 3. The first-order chi connectivity index (χ1) is 19.9. The van der Waals surface area contributed by atoms with Crippen LogP contribution >= 0.6 is 0 Å². The van der Waals surface area contributed by atoms with Crippen LogP contribution in [0.2, 0.25) is 0 Å². The minimum Gasteiger partial charge on any atom is -0.454 e. The van der Waals surface area contributed by atoms with E-state index in [9.17, 15) is 18.8 Å². The van der Waals surface area contributed by atoms with Crippen molar-refractivity contribution in [3.8, 4) is 11.5 Å². The van der Waals surface area contributed by atoms with Crippen LogP contribution in [-0.4, -0.2) is 65.0 Å². The summed E-state index contributed by atoms with van der Waals surface area (Å²) in [4.78, 5) is 45.6. The molecular formula is C30H33FN6O4. The highest BCUT2D eigenvalue weighted by Gasteiger charge is 2.28. The van der Waals surface area contributed by atoms with Gasteiger partial charge < -0.3 is 19.9 Å². The van der Waals surface area contributed by atoms with Gasteiger partial charge in [-0.2, -0.15) is 0 Å². The summed E-state index contributed by atoms with van der Waals surface area (Å²) in [6.07, 6.45) is 5.94. The Kier molecular flexibility index (Phi) is 9.05. The number of aromatic nitrogens is 1. The molecule has 5 amide bonds. The van der Waals surface area contributed by atoms with E-state index in [0.717, 1.165) is 37.6 Å². The normalized spacial score (nSPS) is 15.8. The molecule has 41 heavy (non-hydrogen) atoms. The van der Waals surface area contributed by atoms with Crippen molar-refractivity contribution in [3.63, 3.8) is 0 Å². The molecule has 0 spiro atoms. The van der Waals surface area contributed by atoms with Crippen LogP contribution in [0.4, 0.5) is 25.5 Å². The van der Waals surface area contributed by atoms with Crippen molar-refractivity contribution in [1.29, 1.82) is 0 Å². The molecule has 3 heterocycles. The van der Waals surface area contributed by atoms with Crippen molar-refractivity contribution in [2.75, 3.05) is 36.8 Å². The molecule has 11 heteroatoms. The number of rotatable bonds is 7. The number of halogens is 1. The number of anilines is 2. The smallest absolute Gasteiger partial charge is 0.325 e. The number of amides is 5. The first kappa shape index (κ1) is 28.0. The molecule has 214 valence electrons. The molecule has 5 rings (SSSR count). The van der Waals surface area contributed by atoms with Gasteiger partial charge in [0.25, 0.3) is 0 Å². The van der Waals surface area contributed by atoms with Gasteiger partial charge in [0.2, 0.25) is 5.91 Å². The number of benzene rings is 2. The molecule has 2 saturated heterocycles. The number of nitrogens with one attached hydrogen (secondary N) is 3. The summed E-state index contributed by atoms with van der Waals surface area (Å²) in [5, 5.41) is 7.47. The van der Waals surface area contributed by atoms with Gasteiger partial charge in [0, 0.05) is 43.1 Å². The molecule has 0 aliphatic carbocycles. The van der Waals surface area contributed by atoms with Gasteiger partial charge in [-0.05, 0) is 62.5 Å². The van der Waals surface area contributed by atoms with Crippen molar-refractivity contribution < 1.29 is 23.5 Å². The highest BCUT2D eigenvalue weighted by atomic mass is 19.1. The average Bonchev–Trinajstić information content (AvgIpc) is 3.50. The number of hydrogen-bond donors (Lipinski definition) is 3. The maximum Gasteiger partial charge on any atom is 0.325 e. The molecule has 2 aromatic carbocycles. The van der Waals surface area contributed by atoms with Gasteiger partial charge >= 0.3 is 12.1 Å². The minimum absolute atomic E-state index is 0.0427. The monoisotopic (exact) mass is 560 g/mol. The van der Waals surface area contributed by atoms with Crippen molar-refractivity contribution in [3.05, 3.63) is 78.2 Å². The minimum atomic E-state index is -0.770. The lowest BCUT2D eigenvalue weighted by molar-refractivity contribution is -0.119. The maximum absolute atomic E-state index is 14.8. The van der Waals surface area contributed by atoms with E-state index in [1.165, 1.54) is 37.2 Å². The van der Waals surface area contributed by atoms with Gasteiger partial charge in [-0.3, -0.25) is 15.4 Å². The molecule has 1 aromatic heterocycles. The Labute approximate surface area is 237 Å². The standard InChI is InChI=1S/C30H33FN6O4/c31-25-19-22(33-29(39)35-28(38)18-21-6-2-1-3-7-21)8-9-26(25)41-24-10-13-32-27(20-24)34-30(40)37-16-11-23(12-17-37)36-14-4-5-15-36/h1-3,6-10,13,19-20,23H,4-5,11-12,14-18H2,(H,32,34,40)(H2,33,35,38,39). The van der Waals surface area contributed by atoms with E-state index in [-0.39, 0.29) is 29.6 Å². The quantitative estimate of drug-likeness (QED) is 0.375. The van der Waals surface area contributed by atoms with Gasteiger partial charge in [0.1, 0.15) is 11.6 Å². The molecule has 2 aliphatic heterocycles. The molecule has 3 aromatic rings. The number of urea groups is 2. The van der Waals surface area contributed by atoms with Crippen molar-refractivity contribution >= 4 is 29.5 Å². The summed E-state index contributed by atoms with van der Waals surface area (Å²) in [6, 6.07) is 15.5. The maximum atomic E-state index is 14.8. The highest BCUT2D eigenvalue weighted by molar-refractivity contribution is 6.01. The zero-order chi connectivity index (χ0) is 28.6. The fourth-order valence-electron chi connectivity index (χ4n) is 5.18. The largest absolute Gasteiger partial charge is 0.454 e. The van der Waals surface area contributed by atoms with Crippen LogP contribution in [0.25, 0.3) is 0 Å². The second-order valence-electron chi connectivity index (χ2n) is 10.2. The van der Waals surface area contributed by atoms with Crippen LogP contribution in [0, 0.1) is 5.82 Å². The molecule has 0 bridgehead atoms. The first-order valence-corrected chi connectivity index (χ1v) is 13.8. The van der Waals surface area contributed by atoms with Gasteiger partial charge in [0.15, 0.2) is 11.6 Å². The van der Waals surface area contributed by atoms with E-state index < -0.39 is 17.8 Å². The molecule has 0 unspecified atom stereocenters. The summed E-state index contributed by atoms with van der Waals surface area (Å²) in [6.45, 7) is 3.68. The van der Waals surface area contributed by atoms with Crippen LogP contribution in [0.15, 0.2) is 66.9 Å². The van der Waals surface area contributed by atoms with E-state index in [2.05, 4.69) is 25.8 Å². The Hall–Kier alpha value is -4.51. The molecule has 0 radical (unpaired) electrons. The third kappa shape index (κ3) is 7.79. The van der Waals surface area contributed by atoms with E-state index >= 15 is 0 Å². The molecule has 10 nitrogen and oxygen atoms in total. The lowest BCUT2D eigenvalue weighted by Crippen LogP contribution is -2.47. The van der Waals surface area contributed by atoms with E-state index in [1.807, 2.05) is 6.07 Å². The Morgan fingerprint density at radius 3 is 2.41 bits per heavy atom. The van der Waals surface area contributed by atoms with Gasteiger partial charge in [0.05, 0.1) is 6.42 Å². The van der Waals surface area contributed by atoms with Gasteiger partial charge in [-0.15, -0.1) is 0 Å². The Balaban J connectivity index is 1.11. The summed E-state index contributed by atoms with van der Waals surface area (Å²) in [5.41, 5.74) is 0.915. The number of pyridine rings is 1. The summed E-state index contributed by atoms with van der Waals surface area (Å²) in [7, 11) is 0. The SMILES string of the molecule is O=C(Cc1ccccc1)NC(=O)Nc1ccc(Oc2ccnc(NC(=O)N3CCC(N4CCCC4)CC3)c2)c(F)c1. The van der Waals surface area contributed by atoms with Crippen LogP contribution < -0.4 is 20.7 Å². The van der Waals surface area contributed by atoms with Gasteiger partial charge in [-0.25, -0.2) is 19.0 Å². The number of likely N-dealkylation sites (tertiary alicyclic amines) is 2. The third-order valence-electron chi connectivity index (χ3n) is 7.25. The predicted molar refractivity (Wildman–Crippen MR) is 152 cm³/mol. The number of nitrogens with zero attached hydrogens (tertiary/aromatic N) is 3. The van der Waals surface area contributed by atoms with Crippen LogP contribution in [0.3, 0.4) is 0 Å². The second kappa shape index (κ2) is 13.2. The Bertz CT molecular complexity index is 1370. The van der Waals surface area contributed by atoms with E-state index in [1.54, 1.807) is 35.2 Å². The van der Waals surface area contributed by atoms with E-state index in [4.69, 9.17) is 4.74 Å². The molecule has 2 aliphatic rings. The third-order valence-corrected chi connectivity index (χ3v) is 7.25. The lowest BCUT2D eigenvalue weighted by atomic mass is 10.0. The molecule has 2 fully saturated rings. The number of carbonyl (C=O) groups is 3. The topological polar surface area (TPSA) is 116 Å². The van der Waals surface area contributed by atoms with Crippen molar-refractivity contribution in [2.24, 2.45) is 0 Å². The highest BCUT2D eigenvalue weighted by Crippen LogP contribution is 2.28. The molecular weight excluding hydrogens is 527 g/mol. The Morgan fingerprint density at radius 1 is 0.927 bits per heavy atom. The number of piperidine rings is 1.